The minimum Gasteiger partial charge on any atom is -0.370 e. The maximum atomic E-state index is 12.9. The van der Waals surface area contributed by atoms with E-state index in [2.05, 4.69) is 5.32 Å². The number of benzene rings is 1. The van der Waals surface area contributed by atoms with E-state index in [0.717, 1.165) is 31.4 Å². The lowest BCUT2D eigenvalue weighted by atomic mass is 9.89. The molecular weight excluding hydrogens is 309 g/mol. The molecule has 6 heteroatoms. The predicted molar refractivity (Wildman–Crippen MR) is 87.1 cm³/mol. The van der Waals surface area contributed by atoms with Gasteiger partial charge >= 0.3 is 7.60 Å². The summed E-state index contributed by atoms with van der Waals surface area (Å²) in [6.45, 7) is 0. The summed E-state index contributed by atoms with van der Waals surface area (Å²) in [6.07, 6.45) is 5.59. The Balaban J connectivity index is 2.27. The van der Waals surface area contributed by atoms with Gasteiger partial charge in [-0.3, -0.25) is 4.57 Å². The van der Waals surface area contributed by atoms with Gasteiger partial charge in [-0.1, -0.05) is 43.0 Å². The molecule has 0 saturated heterocycles. The number of hydrogen-bond acceptors (Lipinski definition) is 4. The molecule has 0 heterocycles. The highest BCUT2D eigenvalue weighted by Crippen LogP contribution is 2.56. The van der Waals surface area contributed by atoms with E-state index >= 15 is 0 Å². The summed E-state index contributed by atoms with van der Waals surface area (Å²) in [5, 5.41) is 3.92. The van der Waals surface area contributed by atoms with Crippen molar-refractivity contribution >= 4 is 24.9 Å². The van der Waals surface area contributed by atoms with E-state index in [1.54, 1.807) is 0 Å². The van der Waals surface area contributed by atoms with E-state index in [0.29, 0.717) is 5.02 Å². The first kappa shape index (κ1) is 16.8. The quantitative estimate of drug-likeness (QED) is 0.733. The third-order valence-corrected chi connectivity index (χ3v) is 6.70. The lowest BCUT2D eigenvalue weighted by molar-refractivity contribution is 0.244. The zero-order valence-electron chi connectivity index (χ0n) is 12.5. The second-order valence-corrected chi connectivity index (χ2v) is 8.15. The van der Waals surface area contributed by atoms with Gasteiger partial charge < -0.3 is 14.4 Å². The molecule has 1 aliphatic rings. The minimum absolute atomic E-state index is 0.265. The van der Waals surface area contributed by atoms with Crippen LogP contribution in [0.5, 0.6) is 0 Å². The van der Waals surface area contributed by atoms with E-state index in [9.17, 15) is 4.57 Å². The van der Waals surface area contributed by atoms with Crippen LogP contribution in [0.1, 0.15) is 32.1 Å². The molecule has 1 unspecified atom stereocenters. The van der Waals surface area contributed by atoms with Crippen molar-refractivity contribution in [1.82, 2.24) is 0 Å². The average Bonchev–Trinajstić information content (AvgIpc) is 2.54. The number of para-hydroxylation sites is 1. The second-order valence-electron chi connectivity index (χ2n) is 5.37. The van der Waals surface area contributed by atoms with E-state index in [1.165, 1.54) is 20.6 Å². The fourth-order valence-corrected chi connectivity index (χ4v) is 4.85. The molecule has 0 spiro atoms. The summed E-state index contributed by atoms with van der Waals surface area (Å²) in [6, 6.07) is 7.46. The second kappa shape index (κ2) is 7.64. The number of nitrogens with one attached hydrogen (secondary N) is 1. The normalized spacial score (nSPS) is 18.4. The highest BCUT2D eigenvalue weighted by atomic mass is 35.5. The third kappa shape index (κ3) is 4.01. The van der Waals surface area contributed by atoms with Gasteiger partial charge in [0, 0.05) is 14.2 Å². The molecule has 21 heavy (non-hydrogen) atoms. The Morgan fingerprint density at radius 2 is 1.81 bits per heavy atom. The molecule has 118 valence electrons. The fourth-order valence-electron chi connectivity index (χ4n) is 2.94. The van der Waals surface area contributed by atoms with E-state index in [-0.39, 0.29) is 11.7 Å². The van der Waals surface area contributed by atoms with Crippen LogP contribution < -0.4 is 5.32 Å². The molecule has 0 amide bonds. The first-order valence-electron chi connectivity index (χ1n) is 7.33. The molecule has 1 N–H and O–H groups in total. The Bertz CT molecular complexity index is 497. The van der Waals surface area contributed by atoms with Crippen molar-refractivity contribution in [2.24, 2.45) is 5.92 Å². The van der Waals surface area contributed by atoms with Crippen LogP contribution in [0, 0.1) is 5.92 Å². The highest BCUT2D eigenvalue weighted by molar-refractivity contribution is 7.54. The van der Waals surface area contributed by atoms with Crippen molar-refractivity contribution in [1.29, 1.82) is 0 Å². The third-order valence-electron chi connectivity index (χ3n) is 4.12. The van der Waals surface area contributed by atoms with Crippen LogP contribution in [0.3, 0.4) is 0 Å². The molecule has 0 bridgehead atoms. The van der Waals surface area contributed by atoms with E-state index in [4.69, 9.17) is 20.6 Å². The van der Waals surface area contributed by atoms with Gasteiger partial charge in [-0.05, 0) is 30.9 Å². The number of anilines is 1. The number of rotatable bonds is 6. The molecule has 1 atom stereocenters. The van der Waals surface area contributed by atoms with Gasteiger partial charge in [-0.25, -0.2) is 0 Å². The van der Waals surface area contributed by atoms with Crippen molar-refractivity contribution in [3.63, 3.8) is 0 Å². The van der Waals surface area contributed by atoms with Crippen molar-refractivity contribution in [3.05, 3.63) is 29.3 Å². The number of hydrogen-bond donors (Lipinski definition) is 1. The van der Waals surface area contributed by atoms with Gasteiger partial charge in [-0.2, -0.15) is 0 Å². The summed E-state index contributed by atoms with van der Waals surface area (Å²) in [5.41, 5.74) is 0.768. The largest absolute Gasteiger partial charge is 0.370 e. The molecular formula is C15H23ClNO3P. The average molecular weight is 332 g/mol. The van der Waals surface area contributed by atoms with Gasteiger partial charge in [-0.15, -0.1) is 0 Å². The molecule has 1 aromatic carbocycles. The first-order valence-corrected chi connectivity index (χ1v) is 9.32. The zero-order valence-corrected chi connectivity index (χ0v) is 14.2. The van der Waals surface area contributed by atoms with Gasteiger partial charge in [0.25, 0.3) is 0 Å². The van der Waals surface area contributed by atoms with Crippen LogP contribution in [0.2, 0.25) is 5.02 Å². The summed E-state index contributed by atoms with van der Waals surface area (Å²) in [7, 11) is -0.337. The van der Waals surface area contributed by atoms with Gasteiger partial charge in [0.05, 0.1) is 10.7 Å². The molecule has 4 nitrogen and oxygen atoms in total. The maximum absolute atomic E-state index is 12.9. The van der Waals surface area contributed by atoms with Crippen LogP contribution in [0.25, 0.3) is 0 Å². The molecule has 1 aromatic rings. The molecule has 1 aliphatic carbocycles. The standard InChI is InChI=1S/C15H23ClNO3P/c1-19-21(18,20-2)15(12-8-4-3-5-9-12)17-14-11-7-6-10-13(14)16/h6-7,10-12,15,17H,3-5,8-9H2,1-2H3. The van der Waals surface area contributed by atoms with Crippen LogP contribution in [-0.4, -0.2) is 20.0 Å². The lowest BCUT2D eigenvalue weighted by Crippen LogP contribution is -2.32. The van der Waals surface area contributed by atoms with Crippen LogP contribution >= 0.6 is 19.2 Å². The molecule has 1 fully saturated rings. The maximum Gasteiger partial charge on any atom is 0.352 e. The van der Waals surface area contributed by atoms with Crippen LogP contribution in [0.4, 0.5) is 5.69 Å². The fraction of sp³-hybridized carbons (Fsp3) is 0.600. The number of halogens is 1. The van der Waals surface area contributed by atoms with Crippen LogP contribution in [0.15, 0.2) is 24.3 Å². The van der Waals surface area contributed by atoms with Crippen LogP contribution in [-0.2, 0) is 13.6 Å². The smallest absolute Gasteiger partial charge is 0.352 e. The first-order chi connectivity index (χ1) is 10.1. The van der Waals surface area contributed by atoms with Gasteiger partial charge in [0.2, 0.25) is 0 Å². The Morgan fingerprint density at radius 1 is 1.19 bits per heavy atom. The molecule has 0 radical (unpaired) electrons. The molecule has 0 aliphatic heterocycles. The van der Waals surface area contributed by atoms with Crippen molar-refractivity contribution < 1.29 is 13.6 Å². The van der Waals surface area contributed by atoms with E-state index < -0.39 is 7.60 Å². The Morgan fingerprint density at radius 3 is 2.38 bits per heavy atom. The predicted octanol–water partition coefficient (Wildman–Crippen LogP) is 5.14. The summed E-state index contributed by atoms with van der Waals surface area (Å²) in [4.78, 5) is 0. The zero-order chi connectivity index (χ0) is 15.3. The van der Waals surface area contributed by atoms with Gasteiger partial charge in [0.15, 0.2) is 0 Å². The topological polar surface area (TPSA) is 47.6 Å². The SMILES string of the molecule is COP(=O)(OC)C(Nc1ccccc1Cl)C1CCCCC1. The summed E-state index contributed by atoms with van der Waals surface area (Å²) >= 11 is 6.21. The van der Waals surface area contributed by atoms with Crippen molar-refractivity contribution in [2.75, 3.05) is 19.5 Å². The minimum atomic E-state index is -3.21. The Labute approximate surface area is 131 Å². The molecule has 2 rings (SSSR count). The van der Waals surface area contributed by atoms with Crippen molar-refractivity contribution in [2.45, 2.75) is 37.9 Å². The summed E-state index contributed by atoms with van der Waals surface area (Å²) < 4.78 is 23.4. The summed E-state index contributed by atoms with van der Waals surface area (Å²) in [5.74, 6) is -0.103. The van der Waals surface area contributed by atoms with Gasteiger partial charge in [0.1, 0.15) is 5.78 Å². The Hall–Kier alpha value is -0.540. The lowest BCUT2D eigenvalue weighted by Gasteiger charge is -2.34. The van der Waals surface area contributed by atoms with Crippen molar-refractivity contribution in [3.8, 4) is 0 Å². The monoisotopic (exact) mass is 331 g/mol. The van der Waals surface area contributed by atoms with E-state index in [1.807, 2.05) is 24.3 Å². The molecule has 1 saturated carbocycles. The molecule has 0 aromatic heterocycles. The Kier molecular flexibility index (Phi) is 6.12. The highest BCUT2D eigenvalue weighted by Gasteiger charge is 2.40.